The molecule has 1 rings (SSSR count). The summed E-state index contributed by atoms with van der Waals surface area (Å²) in [4.78, 5) is 11.1. The van der Waals surface area contributed by atoms with Gasteiger partial charge in [0.15, 0.2) is 6.61 Å². The van der Waals surface area contributed by atoms with Gasteiger partial charge in [-0.2, -0.15) is 5.26 Å². The lowest BCUT2D eigenvalue weighted by atomic mass is 10.2. The zero-order valence-corrected chi connectivity index (χ0v) is 8.99. The summed E-state index contributed by atoms with van der Waals surface area (Å²) >= 11 is 0. The van der Waals surface area contributed by atoms with Crippen LogP contribution in [-0.4, -0.2) is 19.1 Å². The molecule has 0 radical (unpaired) electrons. The molecule has 5 nitrogen and oxygen atoms in total. The number of anilines is 1. The zero-order valence-electron chi connectivity index (χ0n) is 8.99. The van der Waals surface area contributed by atoms with Crippen molar-refractivity contribution in [2.75, 3.05) is 18.9 Å². The maximum atomic E-state index is 11.1. The molecule has 0 atom stereocenters. The molecule has 0 fully saturated rings. The first-order valence-corrected chi connectivity index (χ1v) is 4.86. The average molecular weight is 219 g/mol. The quantitative estimate of drug-likeness (QED) is 0.728. The van der Waals surface area contributed by atoms with Crippen molar-refractivity contribution >= 4 is 11.6 Å². The minimum absolute atomic E-state index is 0.0794. The summed E-state index contributed by atoms with van der Waals surface area (Å²) in [5.74, 6) is 0.205. The third-order valence-corrected chi connectivity index (χ3v) is 1.87. The van der Waals surface area contributed by atoms with Crippen molar-refractivity contribution in [3.8, 4) is 11.8 Å². The van der Waals surface area contributed by atoms with Crippen LogP contribution in [0.5, 0.6) is 5.75 Å². The van der Waals surface area contributed by atoms with E-state index in [1.807, 2.05) is 13.0 Å². The summed E-state index contributed by atoms with van der Waals surface area (Å²) in [5.41, 5.74) is 6.46. The maximum absolute atomic E-state index is 11.1. The number of rotatable bonds is 4. The second kappa shape index (κ2) is 5.61. The predicted octanol–water partition coefficient (Wildman–Crippen LogP) is 0.655. The van der Waals surface area contributed by atoms with Crippen LogP contribution in [0.15, 0.2) is 18.2 Å². The summed E-state index contributed by atoms with van der Waals surface area (Å²) in [6, 6.07) is 6.64. The highest BCUT2D eigenvalue weighted by Gasteiger charge is 2.04. The van der Waals surface area contributed by atoms with E-state index in [1.54, 1.807) is 12.1 Å². The maximum Gasteiger partial charge on any atom is 0.257 e. The number of carbonyl (C=O) groups is 1. The molecule has 5 heteroatoms. The Bertz CT molecular complexity index is 424. The van der Waals surface area contributed by atoms with Crippen LogP contribution in [0.25, 0.3) is 0 Å². The minimum Gasteiger partial charge on any atom is -0.482 e. The highest BCUT2D eigenvalue weighted by Crippen LogP contribution is 2.21. The molecule has 0 aliphatic carbocycles. The molecule has 1 aromatic carbocycles. The first-order chi connectivity index (χ1) is 7.67. The van der Waals surface area contributed by atoms with Crippen molar-refractivity contribution < 1.29 is 9.53 Å². The van der Waals surface area contributed by atoms with Crippen LogP contribution in [0.3, 0.4) is 0 Å². The molecule has 0 aliphatic rings. The summed E-state index contributed by atoms with van der Waals surface area (Å²) < 4.78 is 5.20. The van der Waals surface area contributed by atoms with Gasteiger partial charge in [0.25, 0.3) is 5.91 Å². The third kappa shape index (κ3) is 3.17. The Balaban J connectivity index is 2.62. The minimum atomic E-state index is -0.203. The first-order valence-electron chi connectivity index (χ1n) is 4.86. The summed E-state index contributed by atoms with van der Waals surface area (Å²) in [6.45, 7) is 2.31. The van der Waals surface area contributed by atoms with Gasteiger partial charge in [0.1, 0.15) is 5.75 Å². The van der Waals surface area contributed by atoms with Gasteiger partial charge in [-0.15, -0.1) is 0 Å². The average Bonchev–Trinajstić information content (AvgIpc) is 2.27. The fourth-order valence-corrected chi connectivity index (χ4v) is 1.14. The topological polar surface area (TPSA) is 88.1 Å². The monoisotopic (exact) mass is 219 g/mol. The van der Waals surface area contributed by atoms with E-state index in [1.165, 1.54) is 6.07 Å². The predicted molar refractivity (Wildman–Crippen MR) is 59.7 cm³/mol. The molecule has 84 valence electrons. The molecule has 0 aromatic heterocycles. The molecular formula is C11H13N3O2. The van der Waals surface area contributed by atoms with E-state index < -0.39 is 0 Å². The van der Waals surface area contributed by atoms with E-state index >= 15 is 0 Å². The molecule has 0 saturated heterocycles. The molecule has 0 heterocycles. The van der Waals surface area contributed by atoms with Crippen molar-refractivity contribution in [2.45, 2.75) is 6.92 Å². The number of benzene rings is 1. The number of nitrogens with one attached hydrogen (secondary N) is 1. The van der Waals surface area contributed by atoms with Gasteiger partial charge in [0, 0.05) is 6.54 Å². The van der Waals surface area contributed by atoms with E-state index in [4.69, 9.17) is 15.7 Å². The van der Waals surface area contributed by atoms with Gasteiger partial charge < -0.3 is 15.8 Å². The Morgan fingerprint density at radius 2 is 2.38 bits per heavy atom. The lowest BCUT2D eigenvalue weighted by Gasteiger charge is -2.08. The highest BCUT2D eigenvalue weighted by molar-refractivity contribution is 5.77. The molecule has 0 saturated carbocycles. The number of carbonyl (C=O) groups excluding carboxylic acids is 1. The van der Waals surface area contributed by atoms with Crippen LogP contribution in [0.2, 0.25) is 0 Å². The summed E-state index contributed by atoms with van der Waals surface area (Å²) in [7, 11) is 0. The van der Waals surface area contributed by atoms with E-state index in [2.05, 4.69) is 5.32 Å². The van der Waals surface area contributed by atoms with Crippen LogP contribution in [0.4, 0.5) is 5.69 Å². The van der Waals surface area contributed by atoms with Gasteiger partial charge in [-0.1, -0.05) is 0 Å². The Kier molecular flexibility index (Phi) is 4.16. The standard InChI is InChI=1S/C11H13N3O2/c1-2-14-11(15)7-16-10-4-3-8(6-12)5-9(10)13/h3-5H,2,7,13H2,1H3,(H,14,15). The Morgan fingerprint density at radius 3 is 2.94 bits per heavy atom. The molecule has 1 aromatic rings. The fraction of sp³-hybridized carbons (Fsp3) is 0.273. The number of hydrogen-bond acceptors (Lipinski definition) is 4. The number of likely N-dealkylation sites (N-methyl/N-ethyl adjacent to an activating group) is 1. The van der Waals surface area contributed by atoms with Gasteiger partial charge >= 0.3 is 0 Å². The number of amides is 1. The van der Waals surface area contributed by atoms with Gasteiger partial charge in [-0.25, -0.2) is 0 Å². The fourth-order valence-electron chi connectivity index (χ4n) is 1.14. The molecule has 3 N–H and O–H groups in total. The van der Waals surface area contributed by atoms with Gasteiger partial charge in [-0.05, 0) is 25.1 Å². The summed E-state index contributed by atoms with van der Waals surface area (Å²) in [6.07, 6.45) is 0. The SMILES string of the molecule is CCNC(=O)COc1ccc(C#N)cc1N. The van der Waals surface area contributed by atoms with Crippen molar-refractivity contribution in [1.82, 2.24) is 5.32 Å². The lowest BCUT2D eigenvalue weighted by molar-refractivity contribution is -0.122. The molecular weight excluding hydrogens is 206 g/mol. The Morgan fingerprint density at radius 1 is 1.62 bits per heavy atom. The van der Waals surface area contributed by atoms with Gasteiger partial charge in [0.05, 0.1) is 17.3 Å². The number of nitrogen functional groups attached to an aromatic ring is 1. The van der Waals surface area contributed by atoms with Crippen LogP contribution in [0, 0.1) is 11.3 Å². The molecule has 0 bridgehead atoms. The zero-order chi connectivity index (χ0) is 12.0. The second-order valence-corrected chi connectivity index (χ2v) is 3.11. The Labute approximate surface area is 93.8 Å². The van der Waals surface area contributed by atoms with Crippen molar-refractivity contribution in [1.29, 1.82) is 5.26 Å². The van der Waals surface area contributed by atoms with Crippen LogP contribution >= 0.6 is 0 Å². The largest absolute Gasteiger partial charge is 0.482 e. The Hall–Kier alpha value is -2.22. The molecule has 0 unspecified atom stereocenters. The molecule has 16 heavy (non-hydrogen) atoms. The van der Waals surface area contributed by atoms with E-state index in [0.29, 0.717) is 23.5 Å². The van der Waals surface area contributed by atoms with Crippen LogP contribution in [0.1, 0.15) is 12.5 Å². The third-order valence-electron chi connectivity index (χ3n) is 1.87. The van der Waals surface area contributed by atoms with Crippen LogP contribution < -0.4 is 15.8 Å². The second-order valence-electron chi connectivity index (χ2n) is 3.11. The first kappa shape index (κ1) is 11.9. The number of ether oxygens (including phenoxy) is 1. The van der Waals surface area contributed by atoms with Gasteiger partial charge in [0.2, 0.25) is 0 Å². The van der Waals surface area contributed by atoms with Crippen molar-refractivity contribution in [3.05, 3.63) is 23.8 Å². The van der Waals surface area contributed by atoms with Crippen molar-refractivity contribution in [2.24, 2.45) is 0 Å². The van der Waals surface area contributed by atoms with E-state index in [0.717, 1.165) is 0 Å². The lowest BCUT2D eigenvalue weighted by Crippen LogP contribution is -2.28. The normalized spacial score (nSPS) is 9.25. The molecule has 0 aliphatic heterocycles. The van der Waals surface area contributed by atoms with Gasteiger partial charge in [-0.3, -0.25) is 4.79 Å². The van der Waals surface area contributed by atoms with E-state index in [-0.39, 0.29) is 12.5 Å². The smallest absolute Gasteiger partial charge is 0.257 e. The molecule has 1 amide bonds. The number of nitriles is 1. The van der Waals surface area contributed by atoms with E-state index in [9.17, 15) is 4.79 Å². The number of nitrogens with zero attached hydrogens (tertiary/aromatic N) is 1. The number of hydrogen-bond donors (Lipinski definition) is 2. The number of nitrogens with two attached hydrogens (primary N) is 1. The van der Waals surface area contributed by atoms with Crippen LogP contribution in [-0.2, 0) is 4.79 Å². The summed E-state index contributed by atoms with van der Waals surface area (Å²) in [5, 5.41) is 11.2. The molecule has 0 spiro atoms. The van der Waals surface area contributed by atoms with Crippen molar-refractivity contribution in [3.63, 3.8) is 0 Å². The highest BCUT2D eigenvalue weighted by atomic mass is 16.5.